The maximum atomic E-state index is 13.8. The monoisotopic (exact) mass is 517 g/mol. The van der Waals surface area contributed by atoms with E-state index in [0.29, 0.717) is 17.3 Å². The molecule has 2 heterocycles. The first-order chi connectivity index (χ1) is 17.8. The zero-order valence-electron chi connectivity index (χ0n) is 24.5. The van der Waals surface area contributed by atoms with Crippen LogP contribution in [0, 0.1) is 11.3 Å². The van der Waals surface area contributed by atoms with E-state index in [-0.39, 0.29) is 34.8 Å². The Morgan fingerprint density at radius 2 is 1.58 bits per heavy atom. The average Bonchev–Trinajstić information content (AvgIpc) is 3.47. The number of anilines is 1. The molecule has 5 nitrogen and oxygen atoms in total. The van der Waals surface area contributed by atoms with Gasteiger partial charge in [-0.1, -0.05) is 73.1 Å². The maximum Gasteiger partial charge on any atom is 0.182 e. The number of phenolic OH excluding ortho intramolecular Hbond substituents is 1. The summed E-state index contributed by atoms with van der Waals surface area (Å²) in [5.74, 6) is 1.19. The summed E-state index contributed by atoms with van der Waals surface area (Å²) in [6, 6.07) is 12.4. The first-order valence-corrected chi connectivity index (χ1v) is 14.4. The predicted octanol–water partition coefficient (Wildman–Crippen LogP) is 7.26. The lowest BCUT2D eigenvalue weighted by atomic mass is 9.78. The molecule has 0 aliphatic carbocycles. The van der Waals surface area contributed by atoms with Gasteiger partial charge in [0.25, 0.3) is 0 Å². The quantitative estimate of drug-likeness (QED) is 0.379. The van der Waals surface area contributed by atoms with E-state index in [9.17, 15) is 15.3 Å². The highest BCUT2D eigenvalue weighted by atomic mass is 16.3. The molecule has 2 aliphatic rings. The van der Waals surface area contributed by atoms with Gasteiger partial charge < -0.3 is 14.9 Å². The fourth-order valence-corrected chi connectivity index (χ4v) is 6.29. The first kappa shape index (κ1) is 28.2. The summed E-state index contributed by atoms with van der Waals surface area (Å²) in [4.78, 5) is 18.3. The number of aromatic hydroxyl groups is 1. The molecule has 2 saturated heterocycles. The number of carbonyl (C=O) groups excluding carboxylic acids is 1. The minimum atomic E-state index is -0.294. The Bertz CT molecular complexity index is 1150. The highest BCUT2D eigenvalue weighted by molar-refractivity contribution is 6.01. The summed E-state index contributed by atoms with van der Waals surface area (Å²) in [5, 5.41) is 20.4. The van der Waals surface area contributed by atoms with Gasteiger partial charge in [0.05, 0.1) is 6.54 Å². The van der Waals surface area contributed by atoms with E-state index in [2.05, 4.69) is 77.6 Å². The molecule has 0 aromatic heterocycles. The summed E-state index contributed by atoms with van der Waals surface area (Å²) in [5.41, 5.74) is 4.13. The molecule has 2 aliphatic heterocycles. The Morgan fingerprint density at radius 3 is 2.13 bits per heavy atom. The molecule has 4 rings (SSSR count). The van der Waals surface area contributed by atoms with E-state index in [1.807, 2.05) is 17.0 Å². The zero-order valence-corrected chi connectivity index (χ0v) is 24.5. The SMILES string of the molecule is CCCC1CN(CC(=O)c2cc(C(C)(C)C)c(O)c(C(C)(C)C)c2)C(=N)C1c1ccccc1N1CCCC1. The van der Waals surface area contributed by atoms with Crippen LogP contribution in [0.3, 0.4) is 0 Å². The molecule has 0 saturated carbocycles. The number of ketones is 1. The number of benzene rings is 2. The molecule has 2 atom stereocenters. The molecule has 5 heteroatoms. The minimum absolute atomic E-state index is 0.00877. The van der Waals surface area contributed by atoms with Gasteiger partial charge in [-0.15, -0.1) is 0 Å². The summed E-state index contributed by atoms with van der Waals surface area (Å²) < 4.78 is 0. The Labute approximate surface area is 229 Å². The largest absolute Gasteiger partial charge is 0.507 e. The van der Waals surface area contributed by atoms with E-state index in [0.717, 1.165) is 43.6 Å². The first-order valence-electron chi connectivity index (χ1n) is 14.4. The van der Waals surface area contributed by atoms with E-state index in [4.69, 9.17) is 0 Å². The number of Topliss-reactive ketones (excluding diaryl/α,β-unsaturated/α-hetero) is 1. The molecule has 0 spiro atoms. The van der Waals surface area contributed by atoms with Crippen molar-refractivity contribution in [2.45, 2.75) is 90.9 Å². The van der Waals surface area contributed by atoms with Crippen molar-refractivity contribution < 1.29 is 9.90 Å². The molecule has 2 unspecified atom stereocenters. The molecule has 2 fully saturated rings. The predicted molar refractivity (Wildman–Crippen MR) is 158 cm³/mol. The van der Waals surface area contributed by atoms with Gasteiger partial charge in [-0.05, 0) is 59.8 Å². The van der Waals surface area contributed by atoms with Crippen molar-refractivity contribution in [2.75, 3.05) is 31.1 Å². The molecule has 0 radical (unpaired) electrons. The second-order valence-corrected chi connectivity index (χ2v) is 13.4. The third-order valence-corrected chi connectivity index (χ3v) is 8.32. The summed E-state index contributed by atoms with van der Waals surface area (Å²) >= 11 is 0. The number of para-hydroxylation sites is 1. The molecule has 2 aromatic carbocycles. The van der Waals surface area contributed by atoms with Crippen LogP contribution in [-0.4, -0.2) is 47.8 Å². The van der Waals surface area contributed by atoms with Gasteiger partial charge in [0, 0.05) is 47.9 Å². The van der Waals surface area contributed by atoms with Crippen LogP contribution >= 0.6 is 0 Å². The third-order valence-electron chi connectivity index (χ3n) is 8.32. The van der Waals surface area contributed by atoms with Gasteiger partial charge in [-0.3, -0.25) is 10.2 Å². The minimum Gasteiger partial charge on any atom is -0.507 e. The number of carbonyl (C=O) groups is 1. The van der Waals surface area contributed by atoms with E-state index in [1.54, 1.807) is 0 Å². The van der Waals surface area contributed by atoms with Crippen molar-refractivity contribution in [3.8, 4) is 5.75 Å². The molecule has 2 N–H and O–H groups in total. The van der Waals surface area contributed by atoms with E-state index in [1.165, 1.54) is 24.1 Å². The number of nitrogens with one attached hydrogen (secondary N) is 1. The topological polar surface area (TPSA) is 67.6 Å². The second kappa shape index (κ2) is 10.7. The fourth-order valence-electron chi connectivity index (χ4n) is 6.29. The van der Waals surface area contributed by atoms with Crippen molar-refractivity contribution in [3.63, 3.8) is 0 Å². The van der Waals surface area contributed by atoms with Crippen LogP contribution in [0.15, 0.2) is 36.4 Å². The molecule has 2 aromatic rings. The fraction of sp³-hybridized carbons (Fsp3) is 0.576. The van der Waals surface area contributed by atoms with Crippen LogP contribution in [0.4, 0.5) is 5.69 Å². The number of phenols is 1. The smallest absolute Gasteiger partial charge is 0.182 e. The lowest BCUT2D eigenvalue weighted by Crippen LogP contribution is -2.32. The molecular formula is C33H47N3O2. The van der Waals surface area contributed by atoms with Crippen LogP contribution in [0.1, 0.15) is 107 Å². The number of hydrogen-bond acceptors (Lipinski definition) is 4. The standard InChI is InChI=1S/C33H47N3O2/c1-8-13-22-20-36(31(34)29(22)24-14-9-10-15-27(24)35-16-11-12-17-35)21-28(37)23-18-25(32(2,3)4)30(38)26(19-23)33(5,6)7/h9-10,14-15,18-19,22,29,34,38H,8,11-13,16-17,20-21H2,1-7H3. The van der Waals surface area contributed by atoms with Crippen molar-refractivity contribution in [3.05, 3.63) is 58.7 Å². The van der Waals surface area contributed by atoms with Crippen molar-refractivity contribution in [2.24, 2.45) is 5.92 Å². The number of hydrogen-bond donors (Lipinski definition) is 2. The highest BCUT2D eigenvalue weighted by Crippen LogP contribution is 2.43. The van der Waals surface area contributed by atoms with Crippen LogP contribution in [0.5, 0.6) is 5.75 Å². The number of rotatable bonds is 7. The third kappa shape index (κ3) is 5.62. The Hall–Kier alpha value is -2.82. The van der Waals surface area contributed by atoms with E-state index >= 15 is 0 Å². The molecule has 38 heavy (non-hydrogen) atoms. The zero-order chi connectivity index (χ0) is 27.8. The Morgan fingerprint density at radius 1 is 1.00 bits per heavy atom. The second-order valence-electron chi connectivity index (χ2n) is 13.4. The molecule has 0 amide bonds. The lowest BCUT2D eigenvalue weighted by molar-refractivity contribution is 0.0963. The van der Waals surface area contributed by atoms with Crippen LogP contribution in [-0.2, 0) is 10.8 Å². The van der Waals surface area contributed by atoms with Gasteiger partial charge in [-0.2, -0.15) is 0 Å². The van der Waals surface area contributed by atoms with Gasteiger partial charge >= 0.3 is 0 Å². The summed E-state index contributed by atoms with van der Waals surface area (Å²) in [7, 11) is 0. The van der Waals surface area contributed by atoms with Crippen LogP contribution in [0.25, 0.3) is 0 Å². The molecule has 0 bridgehead atoms. The summed E-state index contributed by atoms with van der Waals surface area (Å²) in [6.45, 7) is 17.7. The Balaban J connectivity index is 1.65. The van der Waals surface area contributed by atoms with Crippen molar-refractivity contribution >= 4 is 17.3 Å². The lowest BCUT2D eigenvalue weighted by Gasteiger charge is -2.28. The highest BCUT2D eigenvalue weighted by Gasteiger charge is 2.40. The van der Waals surface area contributed by atoms with Crippen LogP contribution < -0.4 is 4.90 Å². The van der Waals surface area contributed by atoms with Crippen molar-refractivity contribution in [1.82, 2.24) is 4.90 Å². The van der Waals surface area contributed by atoms with Gasteiger partial charge in [-0.25, -0.2) is 0 Å². The van der Waals surface area contributed by atoms with Crippen molar-refractivity contribution in [1.29, 1.82) is 5.41 Å². The molecular weight excluding hydrogens is 470 g/mol. The van der Waals surface area contributed by atoms with Crippen LogP contribution in [0.2, 0.25) is 0 Å². The maximum absolute atomic E-state index is 13.8. The summed E-state index contributed by atoms with van der Waals surface area (Å²) in [6.07, 6.45) is 4.53. The van der Waals surface area contributed by atoms with Gasteiger partial charge in [0.1, 0.15) is 11.6 Å². The normalized spacial score (nSPS) is 20.4. The van der Waals surface area contributed by atoms with E-state index < -0.39 is 0 Å². The number of likely N-dealkylation sites (tertiary alicyclic amines) is 1. The average molecular weight is 518 g/mol. The Kier molecular flexibility index (Phi) is 7.97. The molecule has 206 valence electrons. The van der Waals surface area contributed by atoms with Gasteiger partial charge in [0.15, 0.2) is 5.78 Å². The van der Waals surface area contributed by atoms with Gasteiger partial charge in [0.2, 0.25) is 0 Å². The number of amidine groups is 1. The number of nitrogens with zero attached hydrogens (tertiary/aromatic N) is 2.